The van der Waals surface area contributed by atoms with E-state index in [1.54, 1.807) is 12.4 Å². The molecule has 2 rings (SSSR count). The van der Waals surface area contributed by atoms with Crippen LogP contribution in [-0.2, 0) is 0 Å². The summed E-state index contributed by atoms with van der Waals surface area (Å²) in [4.78, 5) is 8.24. The molecular formula is C9H13N3O. The highest BCUT2D eigenvalue weighted by atomic mass is 16.3. The normalized spacial score (nSPS) is 18.3. The number of nitrogens with one attached hydrogen (secondary N) is 1. The fraction of sp³-hybridized carbons (Fsp3) is 0.556. The Labute approximate surface area is 77.0 Å². The first-order valence-electron chi connectivity index (χ1n) is 4.42. The summed E-state index contributed by atoms with van der Waals surface area (Å²) in [6.07, 6.45) is 5.53. The first kappa shape index (κ1) is 8.44. The van der Waals surface area contributed by atoms with Crippen molar-refractivity contribution >= 4 is 5.95 Å². The second-order valence-corrected chi connectivity index (χ2v) is 3.65. The van der Waals surface area contributed by atoms with Crippen LogP contribution in [0, 0.1) is 6.92 Å². The van der Waals surface area contributed by atoms with Gasteiger partial charge in [-0.3, -0.25) is 0 Å². The zero-order chi connectivity index (χ0) is 9.31. The molecule has 1 aliphatic carbocycles. The van der Waals surface area contributed by atoms with Crippen molar-refractivity contribution in [1.29, 1.82) is 0 Å². The van der Waals surface area contributed by atoms with Crippen molar-refractivity contribution in [1.82, 2.24) is 9.97 Å². The van der Waals surface area contributed by atoms with Crippen LogP contribution in [0.1, 0.15) is 18.4 Å². The number of anilines is 1. The molecule has 1 heterocycles. The van der Waals surface area contributed by atoms with Crippen LogP contribution in [0.5, 0.6) is 0 Å². The lowest BCUT2D eigenvalue weighted by atomic mass is 10.3. The third-order valence-electron chi connectivity index (χ3n) is 2.31. The topological polar surface area (TPSA) is 58.0 Å². The molecule has 0 bridgehead atoms. The van der Waals surface area contributed by atoms with Gasteiger partial charge in [-0.05, 0) is 25.3 Å². The summed E-state index contributed by atoms with van der Waals surface area (Å²) >= 11 is 0. The summed E-state index contributed by atoms with van der Waals surface area (Å²) in [6, 6.07) is 0. The number of aromatic nitrogens is 2. The largest absolute Gasteiger partial charge is 0.394 e. The summed E-state index contributed by atoms with van der Waals surface area (Å²) in [5.74, 6) is 0.608. The third-order valence-corrected chi connectivity index (χ3v) is 2.31. The lowest BCUT2D eigenvalue weighted by molar-refractivity contribution is 0.265. The van der Waals surface area contributed by atoms with Crippen LogP contribution < -0.4 is 5.32 Å². The minimum absolute atomic E-state index is 0.130. The second-order valence-electron chi connectivity index (χ2n) is 3.65. The first-order valence-corrected chi connectivity index (χ1v) is 4.42. The number of nitrogens with zero attached hydrogens (tertiary/aromatic N) is 2. The Morgan fingerprint density at radius 3 is 2.54 bits per heavy atom. The van der Waals surface area contributed by atoms with Crippen molar-refractivity contribution in [3.05, 3.63) is 18.0 Å². The molecule has 2 N–H and O–H groups in total. The van der Waals surface area contributed by atoms with Gasteiger partial charge < -0.3 is 10.4 Å². The highest BCUT2D eigenvalue weighted by Gasteiger charge is 2.42. The minimum atomic E-state index is -0.130. The SMILES string of the molecule is Cc1cnc(NC2(CO)CC2)nc1. The summed E-state index contributed by atoms with van der Waals surface area (Å²) in [5, 5.41) is 12.2. The molecule has 0 amide bonds. The molecule has 1 saturated carbocycles. The molecule has 13 heavy (non-hydrogen) atoms. The van der Waals surface area contributed by atoms with E-state index in [4.69, 9.17) is 5.11 Å². The first-order chi connectivity index (χ1) is 6.24. The standard InChI is InChI=1S/C9H13N3O/c1-7-4-10-8(11-5-7)12-9(6-13)2-3-9/h4-5,13H,2-3,6H2,1H3,(H,10,11,12). The van der Waals surface area contributed by atoms with Crippen LogP contribution in [0.25, 0.3) is 0 Å². The zero-order valence-electron chi connectivity index (χ0n) is 7.62. The molecule has 1 aliphatic rings. The van der Waals surface area contributed by atoms with Crippen LogP contribution in [0.3, 0.4) is 0 Å². The van der Waals surface area contributed by atoms with Gasteiger partial charge in [0.1, 0.15) is 0 Å². The highest BCUT2D eigenvalue weighted by molar-refractivity contribution is 5.33. The lowest BCUT2D eigenvalue weighted by Crippen LogP contribution is -2.26. The highest BCUT2D eigenvalue weighted by Crippen LogP contribution is 2.37. The Morgan fingerprint density at radius 1 is 1.46 bits per heavy atom. The molecular weight excluding hydrogens is 166 g/mol. The Morgan fingerprint density at radius 2 is 2.08 bits per heavy atom. The van der Waals surface area contributed by atoms with Gasteiger partial charge in [-0.15, -0.1) is 0 Å². The summed E-state index contributed by atoms with van der Waals surface area (Å²) in [5.41, 5.74) is 0.911. The number of aliphatic hydroxyl groups is 1. The predicted molar refractivity (Wildman–Crippen MR) is 49.4 cm³/mol. The molecule has 70 valence electrons. The zero-order valence-corrected chi connectivity index (χ0v) is 7.62. The Hall–Kier alpha value is -1.16. The van der Waals surface area contributed by atoms with Gasteiger partial charge in [-0.1, -0.05) is 0 Å². The van der Waals surface area contributed by atoms with E-state index in [2.05, 4.69) is 15.3 Å². The Bertz CT molecular complexity index is 292. The molecule has 0 saturated heterocycles. The van der Waals surface area contributed by atoms with Crippen molar-refractivity contribution in [3.8, 4) is 0 Å². The van der Waals surface area contributed by atoms with E-state index < -0.39 is 0 Å². The van der Waals surface area contributed by atoms with Gasteiger partial charge >= 0.3 is 0 Å². The molecule has 0 aromatic carbocycles. The van der Waals surface area contributed by atoms with Crippen LogP contribution in [0.2, 0.25) is 0 Å². The van der Waals surface area contributed by atoms with Gasteiger partial charge in [-0.25, -0.2) is 9.97 Å². The van der Waals surface area contributed by atoms with Crippen LogP contribution in [0.15, 0.2) is 12.4 Å². The average Bonchev–Trinajstić information content (AvgIpc) is 2.90. The van der Waals surface area contributed by atoms with Gasteiger partial charge in [-0.2, -0.15) is 0 Å². The van der Waals surface area contributed by atoms with Crippen LogP contribution in [-0.4, -0.2) is 27.2 Å². The average molecular weight is 179 g/mol. The van der Waals surface area contributed by atoms with Crippen molar-refractivity contribution in [2.45, 2.75) is 25.3 Å². The molecule has 0 atom stereocenters. The maximum atomic E-state index is 9.05. The van der Waals surface area contributed by atoms with E-state index in [9.17, 15) is 0 Å². The predicted octanol–water partition coefficient (Wildman–Crippen LogP) is 0.722. The Balaban J connectivity index is 2.06. The van der Waals surface area contributed by atoms with E-state index in [-0.39, 0.29) is 12.1 Å². The van der Waals surface area contributed by atoms with Crippen LogP contribution >= 0.6 is 0 Å². The van der Waals surface area contributed by atoms with E-state index in [1.807, 2.05) is 6.92 Å². The molecule has 0 unspecified atom stereocenters. The summed E-state index contributed by atoms with van der Waals surface area (Å²) in [6.45, 7) is 2.10. The van der Waals surface area contributed by atoms with Crippen molar-refractivity contribution < 1.29 is 5.11 Å². The van der Waals surface area contributed by atoms with Gasteiger partial charge in [0.25, 0.3) is 0 Å². The molecule has 4 nitrogen and oxygen atoms in total. The summed E-state index contributed by atoms with van der Waals surface area (Å²) in [7, 11) is 0. The molecule has 1 aromatic heterocycles. The summed E-state index contributed by atoms with van der Waals surface area (Å²) < 4.78 is 0. The van der Waals surface area contributed by atoms with Crippen molar-refractivity contribution in [3.63, 3.8) is 0 Å². The fourth-order valence-electron chi connectivity index (χ4n) is 1.17. The van der Waals surface area contributed by atoms with Crippen LogP contribution in [0.4, 0.5) is 5.95 Å². The molecule has 4 heteroatoms. The third kappa shape index (κ3) is 1.78. The smallest absolute Gasteiger partial charge is 0.223 e. The molecule has 1 aromatic rings. The maximum absolute atomic E-state index is 9.05. The molecule has 1 fully saturated rings. The van der Waals surface area contributed by atoms with E-state index in [0.29, 0.717) is 5.95 Å². The van der Waals surface area contributed by atoms with Gasteiger partial charge in [0, 0.05) is 12.4 Å². The quantitative estimate of drug-likeness (QED) is 0.718. The van der Waals surface area contributed by atoms with Gasteiger partial charge in [0.2, 0.25) is 5.95 Å². The number of aryl methyl sites for hydroxylation is 1. The monoisotopic (exact) mass is 179 g/mol. The number of aliphatic hydroxyl groups excluding tert-OH is 1. The van der Waals surface area contributed by atoms with E-state index in [1.165, 1.54) is 0 Å². The van der Waals surface area contributed by atoms with E-state index >= 15 is 0 Å². The van der Waals surface area contributed by atoms with Gasteiger partial charge in [0.05, 0.1) is 12.1 Å². The number of rotatable bonds is 3. The minimum Gasteiger partial charge on any atom is -0.394 e. The van der Waals surface area contributed by atoms with E-state index in [0.717, 1.165) is 18.4 Å². The molecule has 0 radical (unpaired) electrons. The Kier molecular flexibility index (Phi) is 1.92. The fourth-order valence-corrected chi connectivity index (χ4v) is 1.17. The van der Waals surface area contributed by atoms with Crippen molar-refractivity contribution in [2.75, 3.05) is 11.9 Å². The second kappa shape index (κ2) is 2.96. The van der Waals surface area contributed by atoms with Crippen molar-refractivity contribution in [2.24, 2.45) is 0 Å². The number of hydrogen-bond acceptors (Lipinski definition) is 4. The lowest BCUT2D eigenvalue weighted by Gasteiger charge is -2.13. The number of hydrogen-bond donors (Lipinski definition) is 2. The van der Waals surface area contributed by atoms with Gasteiger partial charge in [0.15, 0.2) is 0 Å². The molecule has 0 spiro atoms. The molecule has 0 aliphatic heterocycles. The maximum Gasteiger partial charge on any atom is 0.223 e.